The van der Waals surface area contributed by atoms with Gasteiger partial charge in [-0.05, 0) is 40.5 Å². The lowest BCUT2D eigenvalue weighted by Crippen LogP contribution is -2.19. The number of hydrogen-bond acceptors (Lipinski definition) is 3. The summed E-state index contributed by atoms with van der Waals surface area (Å²) in [4.78, 5) is 4.08. The monoisotopic (exact) mass is 356 g/mol. The molecule has 0 saturated heterocycles. The summed E-state index contributed by atoms with van der Waals surface area (Å²) in [5, 5.41) is 3.27. The number of ether oxygens (including phenoxy) is 1. The summed E-state index contributed by atoms with van der Waals surface area (Å²) < 4.78 is 30.2. The van der Waals surface area contributed by atoms with Crippen molar-refractivity contribution in [2.24, 2.45) is 0 Å². The highest BCUT2D eigenvalue weighted by Gasteiger charge is 2.14. The predicted molar refractivity (Wildman–Crippen MR) is 80.3 cm³/mol. The molecule has 0 bridgehead atoms. The fourth-order valence-electron chi connectivity index (χ4n) is 1.97. The molecule has 0 amide bonds. The van der Waals surface area contributed by atoms with Gasteiger partial charge in [0.25, 0.3) is 0 Å². The molecule has 112 valence electrons. The summed E-state index contributed by atoms with van der Waals surface area (Å²) in [6.45, 7) is -0.344. The molecule has 1 atom stereocenters. The highest BCUT2D eigenvalue weighted by Crippen LogP contribution is 2.26. The van der Waals surface area contributed by atoms with Gasteiger partial charge >= 0.3 is 6.61 Å². The van der Waals surface area contributed by atoms with E-state index >= 15 is 0 Å². The van der Waals surface area contributed by atoms with Gasteiger partial charge in [0.2, 0.25) is 0 Å². The molecule has 0 spiro atoms. The Morgan fingerprint density at radius 1 is 1.29 bits per heavy atom. The number of halogens is 3. The fourth-order valence-corrected chi connectivity index (χ4v) is 2.39. The minimum atomic E-state index is -2.83. The van der Waals surface area contributed by atoms with Crippen molar-refractivity contribution in [2.45, 2.75) is 26.1 Å². The van der Waals surface area contributed by atoms with E-state index in [0.29, 0.717) is 12.1 Å². The van der Waals surface area contributed by atoms with Crippen molar-refractivity contribution in [3.63, 3.8) is 0 Å². The number of aromatic nitrogens is 1. The van der Waals surface area contributed by atoms with E-state index in [0.717, 1.165) is 10.0 Å². The van der Waals surface area contributed by atoms with Crippen LogP contribution in [0.2, 0.25) is 0 Å². The zero-order valence-corrected chi connectivity index (χ0v) is 13.0. The van der Waals surface area contributed by atoms with Crippen molar-refractivity contribution < 1.29 is 13.5 Å². The van der Waals surface area contributed by atoms with E-state index in [4.69, 9.17) is 0 Å². The molecule has 0 saturated carbocycles. The summed E-state index contributed by atoms with van der Waals surface area (Å²) in [5.74, 6) is 0.194. The van der Waals surface area contributed by atoms with Gasteiger partial charge in [-0.25, -0.2) is 0 Å². The molecule has 0 aliphatic carbocycles. The molecule has 2 rings (SSSR count). The van der Waals surface area contributed by atoms with Crippen LogP contribution in [0.1, 0.15) is 24.1 Å². The lowest BCUT2D eigenvalue weighted by atomic mass is 10.1. The Morgan fingerprint density at radius 3 is 2.76 bits per heavy atom. The molecule has 2 aromatic rings. The zero-order chi connectivity index (χ0) is 15.2. The molecule has 1 heterocycles. The lowest BCUT2D eigenvalue weighted by molar-refractivity contribution is -0.0506. The maximum atomic E-state index is 12.4. The molecule has 3 nitrogen and oxygen atoms in total. The average molecular weight is 357 g/mol. The number of nitrogens with zero attached hydrogens (tertiary/aromatic N) is 1. The Bertz CT molecular complexity index is 595. The standard InChI is InChI=1S/C15H15BrF2N2O/c1-10(20-8-11-6-12(16)9-19-7-11)13-4-2-3-5-14(13)21-15(17)18/h2-7,9-10,15,20H,8H2,1H3. The van der Waals surface area contributed by atoms with E-state index in [9.17, 15) is 8.78 Å². The minimum absolute atomic E-state index is 0.126. The number of pyridine rings is 1. The van der Waals surface area contributed by atoms with Crippen molar-refractivity contribution in [3.8, 4) is 5.75 Å². The third-order valence-electron chi connectivity index (χ3n) is 2.98. The van der Waals surface area contributed by atoms with Crippen molar-refractivity contribution in [3.05, 3.63) is 58.3 Å². The summed E-state index contributed by atoms with van der Waals surface area (Å²) in [6, 6.07) is 8.61. The predicted octanol–water partition coefficient (Wildman–Crippen LogP) is 4.30. The second-order valence-electron chi connectivity index (χ2n) is 4.53. The molecular formula is C15H15BrF2N2O. The first-order chi connectivity index (χ1) is 10.1. The number of para-hydroxylation sites is 1. The molecule has 1 aromatic carbocycles. The second-order valence-corrected chi connectivity index (χ2v) is 5.45. The first-order valence-corrected chi connectivity index (χ1v) is 7.22. The van der Waals surface area contributed by atoms with E-state index in [1.807, 2.05) is 13.0 Å². The van der Waals surface area contributed by atoms with Crippen LogP contribution >= 0.6 is 15.9 Å². The molecule has 1 aromatic heterocycles. The van der Waals surface area contributed by atoms with Gasteiger partial charge in [-0.3, -0.25) is 4.98 Å². The second kappa shape index (κ2) is 7.47. The smallest absolute Gasteiger partial charge is 0.387 e. The lowest BCUT2D eigenvalue weighted by Gasteiger charge is -2.18. The largest absolute Gasteiger partial charge is 0.434 e. The molecule has 0 aliphatic rings. The van der Waals surface area contributed by atoms with Crippen LogP contribution in [0, 0.1) is 0 Å². The molecule has 0 fully saturated rings. The summed E-state index contributed by atoms with van der Waals surface area (Å²) in [6.07, 6.45) is 3.46. The van der Waals surface area contributed by atoms with E-state index < -0.39 is 6.61 Å². The normalized spacial score (nSPS) is 12.4. The van der Waals surface area contributed by atoms with Crippen LogP contribution in [0.5, 0.6) is 5.75 Å². The Labute approximate surface area is 130 Å². The first kappa shape index (κ1) is 15.9. The fraction of sp³-hybridized carbons (Fsp3) is 0.267. The Morgan fingerprint density at radius 2 is 2.05 bits per heavy atom. The summed E-state index contributed by atoms with van der Waals surface area (Å²) >= 11 is 3.36. The van der Waals surface area contributed by atoms with Crippen LogP contribution in [0.15, 0.2) is 47.2 Å². The molecule has 21 heavy (non-hydrogen) atoms. The Hall–Kier alpha value is -1.53. The van der Waals surface area contributed by atoms with Gasteiger partial charge in [-0.2, -0.15) is 8.78 Å². The number of hydrogen-bond donors (Lipinski definition) is 1. The van der Waals surface area contributed by atoms with E-state index in [1.54, 1.807) is 36.7 Å². The zero-order valence-electron chi connectivity index (χ0n) is 11.4. The Kier molecular flexibility index (Phi) is 5.64. The molecule has 1 N–H and O–H groups in total. The molecular weight excluding hydrogens is 342 g/mol. The third-order valence-corrected chi connectivity index (χ3v) is 3.41. The first-order valence-electron chi connectivity index (χ1n) is 6.43. The molecule has 0 aliphatic heterocycles. The van der Waals surface area contributed by atoms with Crippen molar-refractivity contribution in [2.75, 3.05) is 0 Å². The third kappa shape index (κ3) is 4.75. The number of benzene rings is 1. The van der Waals surface area contributed by atoms with Gasteiger partial charge in [0.1, 0.15) is 5.75 Å². The van der Waals surface area contributed by atoms with Crippen LogP contribution < -0.4 is 10.1 Å². The van der Waals surface area contributed by atoms with Gasteiger partial charge in [0.15, 0.2) is 0 Å². The van der Waals surface area contributed by atoms with Gasteiger partial charge < -0.3 is 10.1 Å². The van der Waals surface area contributed by atoms with Gasteiger partial charge in [-0.1, -0.05) is 18.2 Å². The number of rotatable bonds is 6. The van der Waals surface area contributed by atoms with Crippen LogP contribution in [-0.2, 0) is 6.54 Å². The topological polar surface area (TPSA) is 34.2 Å². The van der Waals surface area contributed by atoms with Crippen molar-refractivity contribution >= 4 is 15.9 Å². The van der Waals surface area contributed by atoms with Crippen LogP contribution in [0.4, 0.5) is 8.78 Å². The quantitative estimate of drug-likeness (QED) is 0.837. The Balaban J connectivity index is 2.04. The van der Waals surface area contributed by atoms with Crippen LogP contribution in [0.3, 0.4) is 0 Å². The van der Waals surface area contributed by atoms with Crippen molar-refractivity contribution in [1.29, 1.82) is 0 Å². The molecule has 0 radical (unpaired) electrons. The number of nitrogens with one attached hydrogen (secondary N) is 1. The summed E-state index contributed by atoms with van der Waals surface area (Å²) in [7, 11) is 0. The van der Waals surface area contributed by atoms with Gasteiger partial charge in [0, 0.05) is 35.0 Å². The highest BCUT2D eigenvalue weighted by molar-refractivity contribution is 9.10. The highest BCUT2D eigenvalue weighted by atomic mass is 79.9. The maximum Gasteiger partial charge on any atom is 0.387 e. The SMILES string of the molecule is CC(NCc1cncc(Br)c1)c1ccccc1OC(F)F. The van der Waals surface area contributed by atoms with E-state index in [-0.39, 0.29) is 11.8 Å². The average Bonchev–Trinajstić information content (AvgIpc) is 2.45. The molecule has 6 heteroatoms. The van der Waals surface area contributed by atoms with Crippen LogP contribution in [0.25, 0.3) is 0 Å². The number of alkyl halides is 2. The molecule has 1 unspecified atom stereocenters. The van der Waals surface area contributed by atoms with Crippen LogP contribution in [-0.4, -0.2) is 11.6 Å². The van der Waals surface area contributed by atoms with Gasteiger partial charge in [-0.15, -0.1) is 0 Å². The van der Waals surface area contributed by atoms with E-state index in [1.165, 1.54) is 0 Å². The summed E-state index contributed by atoms with van der Waals surface area (Å²) in [5.41, 5.74) is 1.70. The van der Waals surface area contributed by atoms with Crippen molar-refractivity contribution in [1.82, 2.24) is 10.3 Å². The minimum Gasteiger partial charge on any atom is -0.434 e. The maximum absolute atomic E-state index is 12.4. The van der Waals surface area contributed by atoms with E-state index in [2.05, 4.69) is 31.0 Å². The van der Waals surface area contributed by atoms with Gasteiger partial charge in [0.05, 0.1) is 0 Å².